The van der Waals surface area contributed by atoms with Crippen LogP contribution in [0.25, 0.3) is 18.5 Å². The number of benzene rings is 2. The van der Waals surface area contributed by atoms with Crippen LogP contribution >= 0.6 is 28.1 Å². The number of halogens is 1. The van der Waals surface area contributed by atoms with Crippen LogP contribution in [0.15, 0.2) is 59.1 Å². The van der Waals surface area contributed by atoms with Crippen molar-refractivity contribution < 1.29 is 0 Å². The molecule has 22 heavy (non-hydrogen) atoms. The highest BCUT2D eigenvalue weighted by Gasteiger charge is 2.01. The largest absolute Gasteiger partial charge is 0.360 e. The van der Waals surface area contributed by atoms with Gasteiger partial charge in [0, 0.05) is 10.7 Å². The molecule has 0 bridgehead atoms. The predicted molar refractivity (Wildman–Crippen MR) is 98.0 cm³/mol. The molecule has 0 radical (unpaired) electrons. The number of aromatic nitrogens is 2. The van der Waals surface area contributed by atoms with E-state index in [1.54, 1.807) is 0 Å². The molecule has 5 heteroatoms. The Labute approximate surface area is 141 Å². The van der Waals surface area contributed by atoms with Gasteiger partial charge in [-0.3, -0.25) is 5.10 Å². The average molecular weight is 372 g/mol. The summed E-state index contributed by atoms with van der Waals surface area (Å²) in [4.78, 5) is 0. The first-order valence-electron chi connectivity index (χ1n) is 6.73. The maximum absolute atomic E-state index is 5.55. The van der Waals surface area contributed by atoms with E-state index in [2.05, 4.69) is 32.9 Å². The number of nitrogens with zero attached hydrogens (tertiary/aromatic N) is 1. The normalized spacial score (nSPS) is 11.6. The molecule has 0 aliphatic rings. The summed E-state index contributed by atoms with van der Waals surface area (Å²) < 4.78 is 3.54. The molecule has 2 N–H and O–H groups in total. The number of nitrogens with one attached hydrogen (secondary N) is 2. The van der Waals surface area contributed by atoms with Crippen molar-refractivity contribution in [2.75, 3.05) is 5.32 Å². The van der Waals surface area contributed by atoms with Crippen molar-refractivity contribution in [1.29, 1.82) is 0 Å². The first-order chi connectivity index (χ1) is 10.7. The number of rotatable bonds is 3. The fraction of sp³-hybridized carbons (Fsp3) is 0. The highest BCUT2D eigenvalue weighted by Crippen LogP contribution is 2.20. The van der Waals surface area contributed by atoms with E-state index >= 15 is 0 Å². The maximum atomic E-state index is 5.55. The number of aromatic amines is 1. The molecule has 0 unspecified atom stereocenters. The minimum absolute atomic E-state index is 0.691. The molecule has 1 heterocycles. The molecule has 0 atom stereocenters. The van der Waals surface area contributed by atoms with Crippen molar-refractivity contribution in [2.45, 2.75) is 0 Å². The number of hydrogen-bond donors (Lipinski definition) is 2. The van der Waals surface area contributed by atoms with E-state index in [4.69, 9.17) is 12.2 Å². The molecule has 0 spiro atoms. The number of H-pyrrole nitrogens is 1. The fourth-order valence-electron chi connectivity index (χ4n) is 2.13. The third kappa shape index (κ3) is 2.91. The van der Waals surface area contributed by atoms with E-state index in [-0.39, 0.29) is 0 Å². The summed E-state index contributed by atoms with van der Waals surface area (Å²) in [5.74, 6) is 0. The lowest BCUT2D eigenvalue weighted by Crippen LogP contribution is -2.22. The van der Waals surface area contributed by atoms with Gasteiger partial charge in [-0.2, -0.15) is 0 Å². The highest BCUT2D eigenvalue weighted by atomic mass is 79.9. The Bertz CT molecular complexity index is 958. The Hall–Kier alpha value is -2.11. The number of hydrogen-bond acceptors (Lipinski definition) is 2. The second kappa shape index (κ2) is 6.34. The molecule has 0 aliphatic heterocycles. The minimum Gasteiger partial charge on any atom is -0.360 e. The van der Waals surface area contributed by atoms with E-state index < -0.39 is 0 Å². The van der Waals surface area contributed by atoms with E-state index in [0.29, 0.717) is 4.64 Å². The van der Waals surface area contributed by atoms with Crippen molar-refractivity contribution in [3.8, 4) is 5.69 Å². The summed E-state index contributed by atoms with van der Waals surface area (Å²) in [5.41, 5.74) is 1.96. The first kappa shape index (κ1) is 14.8. The summed E-state index contributed by atoms with van der Waals surface area (Å²) in [6, 6.07) is 17.8. The molecule has 1 aromatic heterocycles. The lowest BCUT2D eigenvalue weighted by atomic mass is 10.3. The van der Waals surface area contributed by atoms with Crippen LogP contribution in [0.5, 0.6) is 0 Å². The smallest absolute Gasteiger partial charge is 0.136 e. The van der Waals surface area contributed by atoms with Gasteiger partial charge < -0.3 is 5.32 Å². The van der Waals surface area contributed by atoms with E-state index in [9.17, 15) is 0 Å². The van der Waals surface area contributed by atoms with Gasteiger partial charge in [0.1, 0.15) is 4.64 Å². The second-order valence-electron chi connectivity index (χ2n) is 4.75. The Morgan fingerprint density at radius 2 is 1.77 bits per heavy atom. The molecule has 3 aromatic rings. The molecule has 3 rings (SSSR count). The molecular formula is C17H14BrN3S. The van der Waals surface area contributed by atoms with Crippen molar-refractivity contribution in [2.24, 2.45) is 0 Å². The second-order valence-corrected chi connectivity index (χ2v) is 5.99. The Kier molecular flexibility index (Phi) is 4.27. The van der Waals surface area contributed by atoms with Gasteiger partial charge in [-0.1, -0.05) is 49.1 Å². The van der Waals surface area contributed by atoms with Gasteiger partial charge in [0.15, 0.2) is 0 Å². The van der Waals surface area contributed by atoms with Crippen molar-refractivity contribution in [1.82, 2.24) is 9.78 Å². The van der Waals surface area contributed by atoms with Crippen LogP contribution < -0.4 is 15.9 Å². The van der Waals surface area contributed by atoms with Gasteiger partial charge in [0.05, 0.1) is 21.9 Å². The van der Waals surface area contributed by atoms with Crippen LogP contribution in [0.1, 0.15) is 0 Å². The third-order valence-corrected chi connectivity index (χ3v) is 4.36. The van der Waals surface area contributed by atoms with Crippen LogP contribution in [0.2, 0.25) is 0 Å². The van der Waals surface area contributed by atoms with E-state index in [1.165, 1.54) is 0 Å². The zero-order valence-electron chi connectivity index (χ0n) is 11.7. The minimum atomic E-state index is 0.691. The van der Waals surface area contributed by atoms with Crippen LogP contribution in [-0.2, 0) is 0 Å². The van der Waals surface area contributed by atoms with Crippen LogP contribution in [0.4, 0.5) is 5.69 Å². The van der Waals surface area contributed by atoms with E-state index in [0.717, 1.165) is 26.4 Å². The lowest BCUT2D eigenvalue weighted by Gasteiger charge is -2.02. The van der Waals surface area contributed by atoms with Gasteiger partial charge in [-0.25, -0.2) is 4.68 Å². The molecule has 0 aliphatic carbocycles. The Balaban J connectivity index is 2.04. The summed E-state index contributed by atoms with van der Waals surface area (Å²) in [6.07, 6.45) is 1.88. The van der Waals surface area contributed by atoms with Crippen molar-refractivity contribution in [3.05, 3.63) is 74.3 Å². The monoisotopic (exact) mass is 371 g/mol. The number of anilines is 1. The van der Waals surface area contributed by atoms with Crippen molar-refractivity contribution >= 4 is 46.6 Å². The third-order valence-electron chi connectivity index (χ3n) is 3.27. The molecule has 110 valence electrons. The molecular weight excluding hydrogens is 358 g/mol. The standard InChI is InChI=1S/C17H14BrN3S/c1-12-14(11-19-16-10-6-5-9-15(16)18)17(22)21(20-12)13-7-3-2-4-8-13/h2-11,19-20H,1H2. The van der Waals surface area contributed by atoms with Gasteiger partial charge in [-0.15, -0.1) is 0 Å². The van der Waals surface area contributed by atoms with Gasteiger partial charge in [0.2, 0.25) is 0 Å². The number of para-hydroxylation sites is 2. The molecule has 0 saturated carbocycles. The van der Waals surface area contributed by atoms with Crippen LogP contribution in [-0.4, -0.2) is 9.78 Å². The van der Waals surface area contributed by atoms with Gasteiger partial charge >= 0.3 is 0 Å². The quantitative estimate of drug-likeness (QED) is 0.690. The average Bonchev–Trinajstić information content (AvgIpc) is 2.82. The topological polar surface area (TPSA) is 32.8 Å². The van der Waals surface area contributed by atoms with Gasteiger partial charge in [-0.05, 0) is 40.2 Å². The maximum Gasteiger partial charge on any atom is 0.136 e. The highest BCUT2D eigenvalue weighted by molar-refractivity contribution is 9.10. The fourth-order valence-corrected chi connectivity index (χ4v) is 2.86. The predicted octanol–water partition coefficient (Wildman–Crippen LogP) is 3.56. The summed E-state index contributed by atoms with van der Waals surface area (Å²) >= 11 is 9.06. The van der Waals surface area contributed by atoms with Crippen molar-refractivity contribution in [3.63, 3.8) is 0 Å². The van der Waals surface area contributed by atoms with Crippen LogP contribution in [0.3, 0.4) is 0 Å². The molecule has 0 saturated heterocycles. The molecule has 2 aromatic carbocycles. The zero-order valence-corrected chi connectivity index (χ0v) is 14.1. The Morgan fingerprint density at radius 1 is 1.09 bits per heavy atom. The van der Waals surface area contributed by atoms with E-state index in [1.807, 2.05) is 65.5 Å². The SMILES string of the molecule is C=c1[nH]n(-c2ccccc2)c(=S)c1=CNc1ccccc1Br. The molecule has 0 fully saturated rings. The molecule has 0 amide bonds. The first-order valence-corrected chi connectivity index (χ1v) is 7.93. The van der Waals surface area contributed by atoms with Crippen LogP contribution in [0, 0.1) is 4.64 Å². The van der Waals surface area contributed by atoms with Gasteiger partial charge in [0.25, 0.3) is 0 Å². The summed E-state index contributed by atoms with van der Waals surface area (Å²) in [6.45, 7) is 4.04. The zero-order chi connectivity index (χ0) is 15.5. The summed E-state index contributed by atoms with van der Waals surface area (Å²) in [7, 11) is 0. The summed E-state index contributed by atoms with van der Waals surface area (Å²) in [5, 5.41) is 8.10. The Morgan fingerprint density at radius 3 is 2.50 bits per heavy atom. The molecule has 3 nitrogen and oxygen atoms in total. The lowest BCUT2D eigenvalue weighted by molar-refractivity contribution is 0.857.